The van der Waals surface area contributed by atoms with Gasteiger partial charge in [0.25, 0.3) is 0 Å². The van der Waals surface area contributed by atoms with Crippen molar-refractivity contribution in [2.75, 3.05) is 28.9 Å². The molecule has 1 aromatic heterocycles. The molecule has 2 heterocycles. The van der Waals surface area contributed by atoms with Gasteiger partial charge in [-0.25, -0.2) is 24.2 Å². The molecule has 1 saturated heterocycles. The van der Waals surface area contributed by atoms with E-state index in [4.69, 9.17) is 5.84 Å². The van der Waals surface area contributed by atoms with Crippen LogP contribution >= 0.6 is 0 Å². The normalized spacial score (nSPS) is 20.9. The van der Waals surface area contributed by atoms with E-state index in [1.54, 1.807) is 0 Å². The molecule has 1 unspecified atom stereocenters. The number of hydrazine groups is 1. The second kappa shape index (κ2) is 5.92. The van der Waals surface area contributed by atoms with E-state index in [1.165, 1.54) is 6.33 Å². The summed E-state index contributed by atoms with van der Waals surface area (Å²) >= 11 is 0. The van der Waals surface area contributed by atoms with Gasteiger partial charge in [-0.3, -0.25) is 0 Å². The molecule has 0 radical (unpaired) electrons. The zero-order valence-electron chi connectivity index (χ0n) is 11.8. The minimum absolute atomic E-state index is 0.0314. The predicted molar refractivity (Wildman–Crippen MR) is 79.3 cm³/mol. The largest absolute Gasteiger partial charge is 0.355 e. The molecule has 112 valence electrons. The molecule has 3 N–H and O–H groups in total. The van der Waals surface area contributed by atoms with Crippen molar-refractivity contribution < 1.29 is 8.42 Å². The van der Waals surface area contributed by atoms with Gasteiger partial charge in [0.1, 0.15) is 18.0 Å². The molecule has 0 saturated carbocycles. The number of nitrogens with one attached hydrogen (secondary N) is 1. The lowest BCUT2D eigenvalue weighted by molar-refractivity contribution is 0.600. The van der Waals surface area contributed by atoms with Crippen LogP contribution in [0.1, 0.15) is 25.3 Å². The van der Waals surface area contributed by atoms with Crippen LogP contribution in [0.3, 0.4) is 0 Å². The van der Waals surface area contributed by atoms with Crippen molar-refractivity contribution in [3.8, 4) is 0 Å². The number of rotatable bonds is 5. The van der Waals surface area contributed by atoms with Crippen molar-refractivity contribution in [1.29, 1.82) is 0 Å². The van der Waals surface area contributed by atoms with Crippen LogP contribution in [0, 0.1) is 0 Å². The summed E-state index contributed by atoms with van der Waals surface area (Å²) in [5, 5.41) is 0. The van der Waals surface area contributed by atoms with Crippen LogP contribution in [-0.4, -0.2) is 43.0 Å². The Morgan fingerprint density at radius 2 is 2.25 bits per heavy atom. The third kappa shape index (κ3) is 3.01. The van der Waals surface area contributed by atoms with Crippen LogP contribution in [0.25, 0.3) is 0 Å². The molecule has 1 aliphatic heterocycles. The average Bonchev–Trinajstić information content (AvgIpc) is 2.79. The molecule has 0 bridgehead atoms. The lowest BCUT2D eigenvalue weighted by atomic mass is 10.1. The summed E-state index contributed by atoms with van der Waals surface area (Å²) < 4.78 is 23.2. The van der Waals surface area contributed by atoms with Gasteiger partial charge in [0.2, 0.25) is 0 Å². The monoisotopic (exact) mass is 299 g/mol. The number of nitrogens with two attached hydrogens (primary N) is 1. The molecule has 1 aromatic rings. The Balaban J connectivity index is 2.32. The minimum Gasteiger partial charge on any atom is -0.355 e. The van der Waals surface area contributed by atoms with E-state index in [1.807, 2.05) is 11.9 Å². The fraction of sp³-hybridized carbons (Fsp3) is 0.667. The number of hydrogen-bond donors (Lipinski definition) is 2. The van der Waals surface area contributed by atoms with Gasteiger partial charge in [-0.15, -0.1) is 0 Å². The third-order valence-electron chi connectivity index (χ3n) is 3.65. The summed E-state index contributed by atoms with van der Waals surface area (Å²) in [6, 6.07) is -0.0314. The van der Waals surface area contributed by atoms with Gasteiger partial charge in [0, 0.05) is 18.7 Å². The summed E-state index contributed by atoms with van der Waals surface area (Å²) in [5.41, 5.74) is 3.52. The molecule has 1 aliphatic rings. The van der Waals surface area contributed by atoms with E-state index in [-0.39, 0.29) is 17.5 Å². The van der Waals surface area contributed by atoms with E-state index in [0.717, 1.165) is 24.2 Å². The van der Waals surface area contributed by atoms with Gasteiger partial charge in [0.15, 0.2) is 9.84 Å². The van der Waals surface area contributed by atoms with Crippen LogP contribution in [0.4, 0.5) is 11.6 Å². The highest BCUT2D eigenvalue weighted by Gasteiger charge is 2.32. The zero-order chi connectivity index (χ0) is 14.8. The lowest BCUT2D eigenvalue weighted by Gasteiger charge is -2.27. The Morgan fingerprint density at radius 3 is 2.80 bits per heavy atom. The summed E-state index contributed by atoms with van der Waals surface area (Å²) in [6.45, 7) is 2.07. The van der Waals surface area contributed by atoms with Crippen molar-refractivity contribution in [1.82, 2.24) is 9.97 Å². The van der Waals surface area contributed by atoms with E-state index >= 15 is 0 Å². The maximum Gasteiger partial charge on any atom is 0.152 e. The maximum atomic E-state index is 11.6. The van der Waals surface area contributed by atoms with Crippen molar-refractivity contribution in [2.24, 2.45) is 5.84 Å². The van der Waals surface area contributed by atoms with Gasteiger partial charge in [-0.1, -0.05) is 13.3 Å². The topological polar surface area (TPSA) is 101 Å². The highest BCUT2D eigenvalue weighted by atomic mass is 32.2. The molecule has 2 rings (SSSR count). The van der Waals surface area contributed by atoms with Crippen LogP contribution < -0.4 is 16.2 Å². The Kier molecular flexibility index (Phi) is 4.44. The van der Waals surface area contributed by atoms with Gasteiger partial charge < -0.3 is 10.3 Å². The predicted octanol–water partition coefficient (Wildman–Crippen LogP) is 0.338. The summed E-state index contributed by atoms with van der Waals surface area (Å²) in [6.07, 6.45) is 3.81. The number of nitrogen functional groups attached to an aromatic ring is 1. The number of aromatic nitrogens is 2. The molecule has 0 aliphatic carbocycles. The van der Waals surface area contributed by atoms with Gasteiger partial charge in [0.05, 0.1) is 11.5 Å². The van der Waals surface area contributed by atoms with Gasteiger partial charge in [-0.05, 0) is 12.8 Å². The Labute approximate surface area is 119 Å². The van der Waals surface area contributed by atoms with Crippen molar-refractivity contribution in [3.63, 3.8) is 0 Å². The highest BCUT2D eigenvalue weighted by molar-refractivity contribution is 7.91. The smallest absolute Gasteiger partial charge is 0.152 e. The number of sulfone groups is 1. The first-order chi connectivity index (χ1) is 9.48. The van der Waals surface area contributed by atoms with Crippen LogP contribution in [0.2, 0.25) is 0 Å². The summed E-state index contributed by atoms with van der Waals surface area (Å²) in [5.74, 6) is 7.29. The third-order valence-corrected chi connectivity index (χ3v) is 5.40. The molecule has 0 amide bonds. The molecule has 1 atom stereocenters. The SMILES string of the molecule is CCCc1c(NN)ncnc1N(C)C1CCS(=O)(=O)C1. The van der Waals surface area contributed by atoms with E-state index < -0.39 is 9.84 Å². The van der Waals surface area contributed by atoms with Crippen molar-refractivity contribution >= 4 is 21.5 Å². The zero-order valence-corrected chi connectivity index (χ0v) is 12.7. The van der Waals surface area contributed by atoms with E-state index in [0.29, 0.717) is 12.2 Å². The Bertz CT molecular complexity index is 575. The second-order valence-corrected chi connectivity index (χ2v) is 7.32. The first kappa shape index (κ1) is 15.0. The highest BCUT2D eigenvalue weighted by Crippen LogP contribution is 2.28. The maximum absolute atomic E-state index is 11.6. The molecular formula is C12H21N5O2S. The van der Waals surface area contributed by atoms with Gasteiger partial charge >= 0.3 is 0 Å². The fourth-order valence-electron chi connectivity index (χ4n) is 2.57. The molecule has 20 heavy (non-hydrogen) atoms. The first-order valence-corrected chi connectivity index (χ1v) is 8.54. The number of hydrogen-bond acceptors (Lipinski definition) is 7. The minimum atomic E-state index is -2.91. The Morgan fingerprint density at radius 1 is 1.50 bits per heavy atom. The quantitative estimate of drug-likeness (QED) is 0.597. The molecule has 8 heteroatoms. The number of anilines is 2. The standard InChI is InChI=1S/C12H21N5O2S/c1-3-4-10-11(16-13)14-8-15-12(10)17(2)9-5-6-20(18,19)7-9/h8-9H,3-7,13H2,1-2H3,(H,14,15,16). The lowest BCUT2D eigenvalue weighted by Crippen LogP contribution is -2.34. The van der Waals surface area contributed by atoms with Gasteiger partial charge in [-0.2, -0.15) is 0 Å². The van der Waals surface area contributed by atoms with E-state index in [2.05, 4.69) is 22.3 Å². The molecular weight excluding hydrogens is 278 g/mol. The average molecular weight is 299 g/mol. The molecule has 7 nitrogen and oxygen atoms in total. The van der Waals surface area contributed by atoms with Crippen LogP contribution in [-0.2, 0) is 16.3 Å². The first-order valence-electron chi connectivity index (χ1n) is 6.72. The summed E-state index contributed by atoms with van der Waals surface area (Å²) in [7, 11) is -1.03. The van der Waals surface area contributed by atoms with Crippen molar-refractivity contribution in [3.05, 3.63) is 11.9 Å². The Hall–Kier alpha value is -1.41. The molecule has 0 spiro atoms. The van der Waals surface area contributed by atoms with Crippen LogP contribution in [0.15, 0.2) is 6.33 Å². The summed E-state index contributed by atoms with van der Waals surface area (Å²) in [4.78, 5) is 10.4. The van der Waals surface area contributed by atoms with Crippen LogP contribution in [0.5, 0.6) is 0 Å². The van der Waals surface area contributed by atoms with Crippen molar-refractivity contribution in [2.45, 2.75) is 32.2 Å². The molecule has 1 fully saturated rings. The second-order valence-electron chi connectivity index (χ2n) is 5.09. The van der Waals surface area contributed by atoms with E-state index in [9.17, 15) is 8.42 Å². The fourth-order valence-corrected chi connectivity index (χ4v) is 4.34. The molecule has 0 aromatic carbocycles. The number of nitrogens with zero attached hydrogens (tertiary/aromatic N) is 3.